The molecule has 0 aliphatic carbocycles. The number of nitrogens with zero attached hydrogens (tertiary/aromatic N) is 1. The van der Waals surface area contributed by atoms with Crippen LogP contribution in [0.5, 0.6) is 0 Å². The van der Waals surface area contributed by atoms with Crippen molar-refractivity contribution in [1.29, 1.82) is 0 Å². The van der Waals surface area contributed by atoms with Gasteiger partial charge in [-0.25, -0.2) is 0 Å². The van der Waals surface area contributed by atoms with Crippen LogP contribution in [0.15, 0.2) is 0 Å². The van der Waals surface area contributed by atoms with Gasteiger partial charge in [0.1, 0.15) is 0 Å². The van der Waals surface area contributed by atoms with Gasteiger partial charge >= 0.3 is 0 Å². The molecule has 2 saturated heterocycles. The van der Waals surface area contributed by atoms with Gasteiger partial charge in [-0.1, -0.05) is 6.92 Å². The van der Waals surface area contributed by atoms with E-state index >= 15 is 0 Å². The van der Waals surface area contributed by atoms with Crippen LogP contribution in [0.25, 0.3) is 0 Å². The van der Waals surface area contributed by atoms with Gasteiger partial charge in [0.05, 0.1) is 0 Å². The van der Waals surface area contributed by atoms with Crippen LogP contribution in [-0.4, -0.2) is 49.1 Å². The first-order valence-corrected chi connectivity index (χ1v) is 7.90. The Morgan fingerprint density at radius 2 is 2.38 bits per heavy atom. The lowest BCUT2D eigenvalue weighted by molar-refractivity contribution is 0.108. The normalized spacial score (nSPS) is 35.8. The molecule has 2 aliphatic heterocycles. The third kappa shape index (κ3) is 2.93. The average molecular weight is 242 g/mol. The highest BCUT2D eigenvalue weighted by molar-refractivity contribution is 7.99. The van der Waals surface area contributed by atoms with Gasteiger partial charge in [-0.3, -0.25) is 0 Å². The second kappa shape index (κ2) is 5.74. The third-order valence-corrected chi connectivity index (χ3v) is 5.57. The van der Waals surface area contributed by atoms with E-state index in [1.807, 2.05) is 0 Å². The Hall–Kier alpha value is 0.270. The fraction of sp³-hybridized carbons (Fsp3) is 1.00. The second-order valence-corrected chi connectivity index (χ2v) is 6.72. The van der Waals surface area contributed by atoms with Crippen molar-refractivity contribution in [3.63, 3.8) is 0 Å². The minimum Gasteiger partial charge on any atom is -0.316 e. The summed E-state index contributed by atoms with van der Waals surface area (Å²) in [5, 5.41) is 3.59. The zero-order chi connectivity index (χ0) is 11.4. The van der Waals surface area contributed by atoms with E-state index in [4.69, 9.17) is 0 Å². The Bertz CT molecular complexity index is 208. The maximum atomic E-state index is 3.59. The quantitative estimate of drug-likeness (QED) is 0.814. The van der Waals surface area contributed by atoms with Crippen LogP contribution in [0.4, 0.5) is 0 Å². The van der Waals surface area contributed by atoms with Crippen LogP contribution < -0.4 is 5.32 Å². The van der Waals surface area contributed by atoms with Gasteiger partial charge in [-0.15, -0.1) is 0 Å². The Morgan fingerprint density at radius 1 is 1.50 bits per heavy atom. The number of nitrogens with one attached hydrogen (secondary N) is 1. The molecule has 0 radical (unpaired) electrons. The summed E-state index contributed by atoms with van der Waals surface area (Å²) in [6.45, 7) is 6.12. The van der Waals surface area contributed by atoms with E-state index in [1.165, 1.54) is 56.8 Å². The van der Waals surface area contributed by atoms with Crippen molar-refractivity contribution in [3.8, 4) is 0 Å². The number of hydrogen-bond acceptors (Lipinski definition) is 3. The summed E-state index contributed by atoms with van der Waals surface area (Å²) in [7, 11) is 2.34. The van der Waals surface area contributed by atoms with Gasteiger partial charge in [-0.05, 0) is 50.4 Å². The van der Waals surface area contributed by atoms with Crippen molar-refractivity contribution in [1.82, 2.24) is 10.2 Å². The van der Waals surface area contributed by atoms with Crippen molar-refractivity contribution in [2.75, 3.05) is 38.2 Å². The van der Waals surface area contributed by atoms with Crippen LogP contribution >= 0.6 is 11.8 Å². The van der Waals surface area contributed by atoms with Crippen LogP contribution in [0.3, 0.4) is 0 Å². The molecule has 0 spiro atoms. The standard InChI is InChI=1S/C13H26N2S/c1-3-13(6-4-7-14-10-13)11-15(2)12-5-8-16-9-12/h12,14H,3-11H2,1-2H3. The predicted molar refractivity (Wildman–Crippen MR) is 73.2 cm³/mol. The van der Waals surface area contributed by atoms with E-state index in [0.29, 0.717) is 5.41 Å². The maximum Gasteiger partial charge on any atom is 0.0191 e. The van der Waals surface area contributed by atoms with Crippen LogP contribution in [0, 0.1) is 5.41 Å². The number of hydrogen-bond donors (Lipinski definition) is 1. The average Bonchev–Trinajstić information content (AvgIpc) is 2.84. The summed E-state index contributed by atoms with van der Waals surface area (Å²) in [5.74, 6) is 2.72. The fourth-order valence-electron chi connectivity index (χ4n) is 3.11. The second-order valence-electron chi connectivity index (χ2n) is 5.57. The highest BCUT2D eigenvalue weighted by Crippen LogP contribution is 2.32. The molecule has 16 heavy (non-hydrogen) atoms. The lowest BCUT2D eigenvalue weighted by Gasteiger charge is -2.41. The molecule has 0 saturated carbocycles. The van der Waals surface area contributed by atoms with Crippen molar-refractivity contribution in [2.24, 2.45) is 5.41 Å². The molecule has 1 N–H and O–H groups in total. The summed E-state index contributed by atoms with van der Waals surface area (Å²) in [6, 6.07) is 0.843. The summed E-state index contributed by atoms with van der Waals surface area (Å²) in [4.78, 5) is 2.64. The van der Waals surface area contributed by atoms with E-state index in [2.05, 4.69) is 35.9 Å². The molecular formula is C13H26N2S. The van der Waals surface area contributed by atoms with Crippen LogP contribution in [0.1, 0.15) is 32.6 Å². The minimum absolute atomic E-state index is 0.556. The Morgan fingerprint density at radius 3 is 2.94 bits per heavy atom. The maximum absolute atomic E-state index is 3.59. The lowest BCUT2D eigenvalue weighted by Crippen LogP contribution is -2.48. The summed E-state index contributed by atoms with van der Waals surface area (Å²) >= 11 is 2.12. The largest absolute Gasteiger partial charge is 0.316 e. The lowest BCUT2D eigenvalue weighted by atomic mass is 9.77. The first kappa shape index (κ1) is 12.7. The SMILES string of the molecule is CCC1(CN(C)C2CCSC2)CCCNC1. The number of rotatable bonds is 4. The summed E-state index contributed by atoms with van der Waals surface area (Å²) in [6.07, 6.45) is 5.50. The van der Waals surface area contributed by atoms with Crippen molar-refractivity contribution in [2.45, 2.75) is 38.6 Å². The molecule has 2 aliphatic rings. The highest BCUT2D eigenvalue weighted by atomic mass is 32.2. The minimum atomic E-state index is 0.556. The Labute approximate surface area is 105 Å². The van der Waals surface area contributed by atoms with Crippen molar-refractivity contribution in [3.05, 3.63) is 0 Å². The van der Waals surface area contributed by atoms with Crippen molar-refractivity contribution < 1.29 is 0 Å². The number of piperidine rings is 1. The molecule has 0 aromatic heterocycles. The van der Waals surface area contributed by atoms with Gasteiger partial charge in [0, 0.05) is 24.9 Å². The number of thioether (sulfide) groups is 1. The highest BCUT2D eigenvalue weighted by Gasteiger charge is 2.33. The van der Waals surface area contributed by atoms with Gasteiger partial charge < -0.3 is 10.2 Å². The van der Waals surface area contributed by atoms with E-state index in [-0.39, 0.29) is 0 Å². The molecule has 2 rings (SSSR count). The van der Waals surface area contributed by atoms with Crippen LogP contribution in [-0.2, 0) is 0 Å². The van der Waals surface area contributed by atoms with Gasteiger partial charge in [0.25, 0.3) is 0 Å². The zero-order valence-electron chi connectivity index (χ0n) is 10.8. The van der Waals surface area contributed by atoms with Gasteiger partial charge in [0.2, 0.25) is 0 Å². The molecule has 0 bridgehead atoms. The van der Waals surface area contributed by atoms with Crippen molar-refractivity contribution >= 4 is 11.8 Å². The third-order valence-electron chi connectivity index (χ3n) is 4.42. The zero-order valence-corrected chi connectivity index (χ0v) is 11.6. The first-order valence-electron chi connectivity index (χ1n) is 6.74. The predicted octanol–water partition coefficient (Wildman–Crippen LogP) is 2.20. The molecule has 0 aromatic rings. The molecule has 2 fully saturated rings. The molecule has 3 heteroatoms. The topological polar surface area (TPSA) is 15.3 Å². The van der Waals surface area contributed by atoms with E-state index in [0.717, 1.165) is 6.04 Å². The molecule has 2 heterocycles. The fourth-order valence-corrected chi connectivity index (χ4v) is 4.41. The molecule has 2 nitrogen and oxygen atoms in total. The smallest absolute Gasteiger partial charge is 0.0191 e. The molecular weight excluding hydrogens is 216 g/mol. The summed E-state index contributed by atoms with van der Waals surface area (Å²) < 4.78 is 0. The van der Waals surface area contributed by atoms with E-state index in [1.54, 1.807) is 0 Å². The Kier molecular flexibility index (Phi) is 4.57. The molecule has 94 valence electrons. The van der Waals surface area contributed by atoms with Crippen LogP contribution in [0.2, 0.25) is 0 Å². The molecule has 0 amide bonds. The van der Waals surface area contributed by atoms with E-state index < -0.39 is 0 Å². The summed E-state index contributed by atoms with van der Waals surface area (Å²) in [5.41, 5.74) is 0.556. The monoisotopic (exact) mass is 242 g/mol. The molecule has 2 unspecified atom stereocenters. The molecule has 2 atom stereocenters. The Balaban J connectivity index is 1.89. The van der Waals surface area contributed by atoms with E-state index in [9.17, 15) is 0 Å². The van der Waals surface area contributed by atoms with Gasteiger partial charge in [0.15, 0.2) is 0 Å². The molecule has 0 aromatic carbocycles. The first-order chi connectivity index (χ1) is 7.76. The van der Waals surface area contributed by atoms with Gasteiger partial charge in [-0.2, -0.15) is 11.8 Å².